The van der Waals surface area contributed by atoms with E-state index in [1.165, 1.54) is 6.92 Å². The molecule has 2 aromatic carbocycles. The van der Waals surface area contributed by atoms with Crippen LogP contribution in [0.4, 0.5) is 5.82 Å². The average Bonchev–Trinajstić information content (AvgIpc) is 3.11. The smallest absolute Gasteiger partial charge is 0.222 e. The maximum atomic E-state index is 11.6. The first kappa shape index (κ1) is 16.7. The SMILES string of the molecule is CC(=O)Nc1ncc(/C=C/c2ccccc2)nc1-c1c[nH]c2ccccc12. The maximum Gasteiger partial charge on any atom is 0.222 e. The highest BCUT2D eigenvalue weighted by molar-refractivity contribution is 5.99. The van der Waals surface area contributed by atoms with Crippen molar-refractivity contribution in [1.82, 2.24) is 15.0 Å². The van der Waals surface area contributed by atoms with Crippen molar-refractivity contribution in [2.45, 2.75) is 6.92 Å². The number of nitrogens with one attached hydrogen (secondary N) is 2. The minimum absolute atomic E-state index is 0.182. The lowest BCUT2D eigenvalue weighted by atomic mass is 10.1. The Morgan fingerprint density at radius 1 is 1.04 bits per heavy atom. The number of aromatic nitrogens is 3. The molecule has 4 rings (SSSR count). The quantitative estimate of drug-likeness (QED) is 0.555. The van der Waals surface area contributed by atoms with Gasteiger partial charge in [0.25, 0.3) is 0 Å². The summed E-state index contributed by atoms with van der Waals surface area (Å²) in [5.41, 5.74) is 4.34. The molecule has 0 aliphatic carbocycles. The number of carbonyl (C=O) groups is 1. The van der Waals surface area contributed by atoms with Crippen LogP contribution in [-0.2, 0) is 4.79 Å². The molecule has 5 nitrogen and oxygen atoms in total. The summed E-state index contributed by atoms with van der Waals surface area (Å²) in [6.07, 6.45) is 7.45. The van der Waals surface area contributed by atoms with Crippen molar-refractivity contribution in [2.24, 2.45) is 0 Å². The molecule has 1 amide bonds. The summed E-state index contributed by atoms with van der Waals surface area (Å²) in [7, 11) is 0. The van der Waals surface area contributed by atoms with Crippen molar-refractivity contribution in [3.8, 4) is 11.3 Å². The molecule has 4 aromatic rings. The monoisotopic (exact) mass is 354 g/mol. The predicted molar refractivity (Wildman–Crippen MR) is 109 cm³/mol. The van der Waals surface area contributed by atoms with Gasteiger partial charge in [-0.05, 0) is 17.7 Å². The van der Waals surface area contributed by atoms with Crippen molar-refractivity contribution in [3.63, 3.8) is 0 Å². The Balaban J connectivity index is 1.80. The third-order valence-corrected chi connectivity index (χ3v) is 4.18. The van der Waals surface area contributed by atoms with E-state index in [0.717, 1.165) is 22.0 Å². The minimum atomic E-state index is -0.182. The fourth-order valence-corrected chi connectivity index (χ4v) is 2.94. The summed E-state index contributed by atoms with van der Waals surface area (Å²) >= 11 is 0. The largest absolute Gasteiger partial charge is 0.360 e. The zero-order valence-corrected chi connectivity index (χ0v) is 14.8. The Morgan fingerprint density at radius 2 is 1.81 bits per heavy atom. The molecule has 0 unspecified atom stereocenters. The summed E-state index contributed by atoms with van der Waals surface area (Å²) < 4.78 is 0. The van der Waals surface area contributed by atoms with Crippen molar-refractivity contribution in [3.05, 3.63) is 78.2 Å². The number of hydrogen-bond acceptors (Lipinski definition) is 3. The Labute approximate surface area is 156 Å². The van der Waals surface area contributed by atoms with E-state index in [0.29, 0.717) is 17.2 Å². The number of anilines is 1. The second-order valence-corrected chi connectivity index (χ2v) is 6.17. The van der Waals surface area contributed by atoms with Crippen LogP contribution in [0.5, 0.6) is 0 Å². The van der Waals surface area contributed by atoms with Crippen LogP contribution in [0.1, 0.15) is 18.2 Å². The van der Waals surface area contributed by atoms with Crippen LogP contribution in [0.15, 0.2) is 67.0 Å². The van der Waals surface area contributed by atoms with E-state index in [2.05, 4.69) is 15.3 Å². The normalized spacial score (nSPS) is 11.1. The number of aromatic amines is 1. The van der Waals surface area contributed by atoms with Gasteiger partial charge < -0.3 is 10.3 Å². The summed E-state index contributed by atoms with van der Waals surface area (Å²) in [4.78, 5) is 24.0. The first-order valence-corrected chi connectivity index (χ1v) is 8.65. The van der Waals surface area contributed by atoms with Crippen LogP contribution < -0.4 is 5.32 Å². The fraction of sp³-hybridized carbons (Fsp3) is 0.0455. The average molecular weight is 354 g/mol. The molecule has 0 bridgehead atoms. The number of amides is 1. The van der Waals surface area contributed by atoms with E-state index in [1.807, 2.05) is 72.9 Å². The molecule has 0 aliphatic heterocycles. The molecular formula is C22H18N4O. The van der Waals surface area contributed by atoms with Gasteiger partial charge in [-0.2, -0.15) is 0 Å². The number of hydrogen-bond donors (Lipinski definition) is 2. The summed E-state index contributed by atoms with van der Waals surface area (Å²) in [6.45, 7) is 1.46. The molecular weight excluding hydrogens is 336 g/mol. The molecule has 2 aromatic heterocycles. The summed E-state index contributed by atoms with van der Waals surface area (Å²) in [6, 6.07) is 18.0. The number of nitrogens with zero attached hydrogens (tertiary/aromatic N) is 2. The van der Waals surface area contributed by atoms with E-state index in [9.17, 15) is 4.79 Å². The molecule has 0 saturated heterocycles. The molecule has 0 saturated carbocycles. The van der Waals surface area contributed by atoms with E-state index < -0.39 is 0 Å². The van der Waals surface area contributed by atoms with Gasteiger partial charge in [0.2, 0.25) is 5.91 Å². The van der Waals surface area contributed by atoms with Gasteiger partial charge in [0.05, 0.1) is 11.9 Å². The first-order valence-electron chi connectivity index (χ1n) is 8.65. The van der Waals surface area contributed by atoms with Gasteiger partial charge in [0.1, 0.15) is 5.69 Å². The molecule has 132 valence electrons. The second kappa shape index (κ2) is 7.25. The predicted octanol–water partition coefficient (Wildman–Crippen LogP) is 4.75. The standard InChI is InChI=1S/C22H18N4O/c1-15(27)25-22-21(19-14-23-20-10-6-5-9-18(19)20)26-17(13-24-22)12-11-16-7-3-2-4-8-16/h2-14,23H,1H3,(H,24,25,27)/b12-11+. The Bertz CT molecular complexity index is 1130. The molecule has 27 heavy (non-hydrogen) atoms. The van der Waals surface area contributed by atoms with Crippen molar-refractivity contribution < 1.29 is 4.79 Å². The Hall–Kier alpha value is -3.73. The Kier molecular flexibility index (Phi) is 4.49. The highest BCUT2D eigenvalue weighted by Gasteiger charge is 2.14. The number of carbonyl (C=O) groups excluding carboxylic acids is 1. The lowest BCUT2D eigenvalue weighted by molar-refractivity contribution is -0.114. The van der Waals surface area contributed by atoms with Crippen molar-refractivity contribution in [2.75, 3.05) is 5.32 Å². The molecule has 0 fully saturated rings. The maximum absolute atomic E-state index is 11.6. The number of rotatable bonds is 4. The first-order chi connectivity index (χ1) is 13.2. The minimum Gasteiger partial charge on any atom is -0.360 e. The number of fused-ring (bicyclic) bond motifs is 1. The highest BCUT2D eigenvalue weighted by atomic mass is 16.1. The number of para-hydroxylation sites is 1. The molecule has 0 atom stereocenters. The van der Waals surface area contributed by atoms with Crippen LogP contribution in [0.3, 0.4) is 0 Å². The van der Waals surface area contributed by atoms with E-state index in [4.69, 9.17) is 4.98 Å². The van der Waals surface area contributed by atoms with E-state index in [1.54, 1.807) is 6.20 Å². The van der Waals surface area contributed by atoms with Crippen LogP contribution in [0.2, 0.25) is 0 Å². The molecule has 5 heteroatoms. The van der Waals surface area contributed by atoms with Gasteiger partial charge in [-0.25, -0.2) is 9.97 Å². The van der Waals surface area contributed by atoms with Gasteiger partial charge in [-0.1, -0.05) is 54.6 Å². The van der Waals surface area contributed by atoms with Crippen LogP contribution in [-0.4, -0.2) is 20.9 Å². The fourth-order valence-electron chi connectivity index (χ4n) is 2.94. The third-order valence-electron chi connectivity index (χ3n) is 4.18. The van der Waals surface area contributed by atoms with Gasteiger partial charge in [-0.3, -0.25) is 4.79 Å². The van der Waals surface area contributed by atoms with Gasteiger partial charge in [0.15, 0.2) is 5.82 Å². The Morgan fingerprint density at radius 3 is 2.63 bits per heavy atom. The molecule has 0 aliphatic rings. The van der Waals surface area contributed by atoms with Gasteiger partial charge >= 0.3 is 0 Å². The van der Waals surface area contributed by atoms with Gasteiger partial charge in [-0.15, -0.1) is 0 Å². The molecule has 0 spiro atoms. The lowest BCUT2D eigenvalue weighted by Crippen LogP contribution is -2.10. The topological polar surface area (TPSA) is 70.7 Å². The third kappa shape index (κ3) is 3.62. The van der Waals surface area contributed by atoms with Gasteiger partial charge in [0, 0.05) is 29.6 Å². The molecule has 2 heterocycles. The highest BCUT2D eigenvalue weighted by Crippen LogP contribution is 2.31. The second-order valence-electron chi connectivity index (χ2n) is 6.17. The summed E-state index contributed by atoms with van der Waals surface area (Å²) in [5.74, 6) is 0.266. The van der Waals surface area contributed by atoms with Crippen molar-refractivity contribution in [1.29, 1.82) is 0 Å². The zero-order valence-electron chi connectivity index (χ0n) is 14.8. The number of H-pyrrole nitrogens is 1. The molecule has 2 N–H and O–H groups in total. The van der Waals surface area contributed by atoms with Crippen molar-refractivity contribution >= 4 is 34.8 Å². The van der Waals surface area contributed by atoms with Crippen LogP contribution in [0.25, 0.3) is 34.3 Å². The number of benzene rings is 2. The molecule has 0 radical (unpaired) electrons. The zero-order chi connectivity index (χ0) is 18.6. The van der Waals surface area contributed by atoms with Crippen LogP contribution in [0, 0.1) is 0 Å². The van der Waals surface area contributed by atoms with E-state index in [-0.39, 0.29) is 5.91 Å². The van der Waals surface area contributed by atoms with Crippen LogP contribution >= 0.6 is 0 Å². The van der Waals surface area contributed by atoms with E-state index >= 15 is 0 Å². The summed E-state index contributed by atoms with van der Waals surface area (Å²) in [5, 5.41) is 3.81. The lowest BCUT2D eigenvalue weighted by Gasteiger charge is -2.08.